The van der Waals surface area contributed by atoms with Crippen LogP contribution in [0.2, 0.25) is 5.02 Å². The molecule has 0 amide bonds. The molecule has 0 unspecified atom stereocenters. The lowest BCUT2D eigenvalue weighted by molar-refractivity contribution is -0.143. The van der Waals surface area contributed by atoms with Crippen molar-refractivity contribution < 1.29 is 13.9 Å². The van der Waals surface area contributed by atoms with Crippen molar-refractivity contribution in [3.8, 4) is 0 Å². The first-order valence-electron chi connectivity index (χ1n) is 5.26. The van der Waals surface area contributed by atoms with E-state index in [0.29, 0.717) is 15.8 Å². The van der Waals surface area contributed by atoms with Gasteiger partial charge in [0, 0.05) is 6.07 Å². The first-order valence-corrected chi connectivity index (χ1v) is 6.04. The molecular formula is C11H10ClFN2O2S. The van der Waals surface area contributed by atoms with Crippen molar-refractivity contribution in [1.29, 1.82) is 0 Å². The third kappa shape index (κ3) is 2.39. The Morgan fingerprint density at radius 1 is 1.61 bits per heavy atom. The number of benzene rings is 1. The number of hydrogen-bond donors (Lipinski definition) is 1. The molecule has 0 aliphatic carbocycles. The maximum atomic E-state index is 13.4. The van der Waals surface area contributed by atoms with Gasteiger partial charge in [0.25, 0.3) is 0 Å². The summed E-state index contributed by atoms with van der Waals surface area (Å²) in [5.74, 6) is -0.986. The highest BCUT2D eigenvalue weighted by molar-refractivity contribution is 7.71. The van der Waals surface area contributed by atoms with Gasteiger partial charge in [-0.1, -0.05) is 11.6 Å². The number of ether oxygens (including phenoxy) is 1. The third-order valence-corrected chi connectivity index (χ3v) is 3.02. The molecule has 1 N–H and O–H groups in total. The summed E-state index contributed by atoms with van der Waals surface area (Å²) in [6, 6.07) is 2.67. The van der Waals surface area contributed by atoms with Gasteiger partial charge < -0.3 is 14.3 Å². The summed E-state index contributed by atoms with van der Waals surface area (Å²) in [5.41, 5.74) is 1.06. The number of nitrogens with one attached hydrogen (secondary N) is 1. The van der Waals surface area contributed by atoms with Gasteiger partial charge in [0.05, 0.1) is 22.7 Å². The molecule has 0 aliphatic heterocycles. The summed E-state index contributed by atoms with van der Waals surface area (Å²) in [6.07, 6.45) is 0. The zero-order valence-electron chi connectivity index (χ0n) is 9.50. The summed E-state index contributed by atoms with van der Waals surface area (Å²) >= 11 is 10.8. The van der Waals surface area contributed by atoms with Gasteiger partial charge in [-0.25, -0.2) is 4.39 Å². The average Bonchev–Trinajstić information content (AvgIpc) is 2.57. The number of carbonyl (C=O) groups is 1. The Labute approximate surface area is 112 Å². The number of halogens is 2. The fraction of sp³-hybridized carbons (Fsp3) is 0.273. The van der Waals surface area contributed by atoms with Crippen molar-refractivity contribution in [2.45, 2.75) is 13.5 Å². The van der Waals surface area contributed by atoms with Crippen LogP contribution in [-0.4, -0.2) is 22.1 Å². The number of rotatable bonds is 3. The molecule has 2 rings (SSSR count). The molecule has 0 aliphatic rings. The second kappa shape index (κ2) is 5.07. The quantitative estimate of drug-likeness (QED) is 0.697. The monoisotopic (exact) mass is 288 g/mol. The number of H-pyrrole nitrogens is 1. The molecule has 0 saturated carbocycles. The minimum absolute atomic E-state index is 0.00188. The Balaban J connectivity index is 2.50. The molecule has 0 atom stereocenters. The zero-order valence-corrected chi connectivity index (χ0v) is 11.1. The van der Waals surface area contributed by atoms with E-state index in [1.54, 1.807) is 6.92 Å². The van der Waals surface area contributed by atoms with E-state index < -0.39 is 11.8 Å². The number of aromatic nitrogens is 2. The van der Waals surface area contributed by atoms with Crippen LogP contribution in [-0.2, 0) is 16.1 Å². The zero-order chi connectivity index (χ0) is 13.3. The summed E-state index contributed by atoms with van der Waals surface area (Å²) in [7, 11) is 0. The molecule has 0 fully saturated rings. The Hall–Kier alpha value is -1.40. The standard InChI is InChI=1S/C11H10ClFN2O2S/c1-2-17-10(16)5-15-9-4-7(13)6(12)3-8(9)14-11(15)18/h3-4H,2,5H2,1H3,(H,14,18). The molecular weight excluding hydrogens is 279 g/mol. The normalized spacial score (nSPS) is 10.8. The lowest BCUT2D eigenvalue weighted by Crippen LogP contribution is -2.13. The molecule has 2 aromatic rings. The Bertz CT molecular complexity index is 665. The summed E-state index contributed by atoms with van der Waals surface area (Å²) in [6.45, 7) is 1.94. The Morgan fingerprint density at radius 2 is 2.33 bits per heavy atom. The number of nitrogens with zero attached hydrogens (tertiary/aromatic N) is 1. The summed E-state index contributed by atoms with van der Waals surface area (Å²) in [5, 5.41) is 0.00188. The molecule has 0 radical (unpaired) electrons. The fourth-order valence-corrected chi connectivity index (χ4v) is 2.08. The number of aromatic amines is 1. The SMILES string of the molecule is CCOC(=O)Cn1c(=S)[nH]c2cc(Cl)c(F)cc21. The van der Waals surface area contributed by atoms with Crippen molar-refractivity contribution >= 4 is 40.8 Å². The predicted octanol–water partition coefficient (Wildman–Crippen LogP) is 3.05. The highest BCUT2D eigenvalue weighted by Gasteiger charge is 2.12. The van der Waals surface area contributed by atoms with Crippen molar-refractivity contribution in [2.24, 2.45) is 0 Å². The topological polar surface area (TPSA) is 47.0 Å². The largest absolute Gasteiger partial charge is 0.465 e. The van der Waals surface area contributed by atoms with E-state index in [0.717, 1.165) is 0 Å². The van der Waals surface area contributed by atoms with Crippen LogP contribution >= 0.6 is 23.8 Å². The van der Waals surface area contributed by atoms with Crippen LogP contribution in [0.1, 0.15) is 6.92 Å². The van der Waals surface area contributed by atoms with Crippen molar-refractivity contribution in [3.05, 3.63) is 27.7 Å². The van der Waals surface area contributed by atoms with E-state index in [-0.39, 0.29) is 18.2 Å². The van der Waals surface area contributed by atoms with Crippen LogP contribution < -0.4 is 0 Å². The molecule has 0 saturated heterocycles. The van der Waals surface area contributed by atoms with Crippen LogP contribution in [0.4, 0.5) is 4.39 Å². The van der Waals surface area contributed by atoms with Gasteiger partial charge in [-0.3, -0.25) is 4.79 Å². The van der Waals surface area contributed by atoms with E-state index in [9.17, 15) is 9.18 Å². The summed E-state index contributed by atoms with van der Waals surface area (Å²) in [4.78, 5) is 14.3. The molecule has 18 heavy (non-hydrogen) atoms. The van der Waals surface area contributed by atoms with Crippen molar-refractivity contribution in [3.63, 3.8) is 0 Å². The van der Waals surface area contributed by atoms with Crippen LogP contribution in [0.3, 0.4) is 0 Å². The number of carbonyl (C=O) groups excluding carboxylic acids is 1. The third-order valence-electron chi connectivity index (χ3n) is 2.41. The highest BCUT2D eigenvalue weighted by Crippen LogP contribution is 2.22. The summed E-state index contributed by atoms with van der Waals surface area (Å²) < 4.78 is 20.0. The van der Waals surface area contributed by atoms with Gasteiger partial charge in [-0.15, -0.1) is 0 Å². The van der Waals surface area contributed by atoms with Crippen molar-refractivity contribution in [1.82, 2.24) is 9.55 Å². The van der Waals surface area contributed by atoms with Gasteiger partial charge in [0.1, 0.15) is 12.4 Å². The molecule has 4 nitrogen and oxygen atoms in total. The van der Waals surface area contributed by atoms with Gasteiger partial charge in [0.2, 0.25) is 0 Å². The van der Waals surface area contributed by atoms with Gasteiger partial charge >= 0.3 is 5.97 Å². The maximum absolute atomic E-state index is 13.4. The lowest BCUT2D eigenvalue weighted by Gasteiger charge is -2.04. The number of hydrogen-bond acceptors (Lipinski definition) is 3. The van der Waals surface area contributed by atoms with Crippen LogP contribution in [0.5, 0.6) is 0 Å². The maximum Gasteiger partial charge on any atom is 0.326 e. The molecule has 7 heteroatoms. The highest BCUT2D eigenvalue weighted by atomic mass is 35.5. The van der Waals surface area contributed by atoms with Crippen LogP contribution in [0.15, 0.2) is 12.1 Å². The van der Waals surface area contributed by atoms with Crippen molar-refractivity contribution in [2.75, 3.05) is 6.61 Å². The Kier molecular flexibility index (Phi) is 3.68. The second-order valence-electron chi connectivity index (χ2n) is 3.60. The van der Waals surface area contributed by atoms with E-state index in [1.165, 1.54) is 16.7 Å². The predicted molar refractivity (Wildman–Crippen MR) is 68.7 cm³/mol. The van der Waals surface area contributed by atoms with E-state index >= 15 is 0 Å². The number of imidazole rings is 1. The van der Waals surface area contributed by atoms with Gasteiger partial charge in [0.15, 0.2) is 4.77 Å². The molecule has 0 spiro atoms. The molecule has 0 bridgehead atoms. The molecule has 96 valence electrons. The Morgan fingerprint density at radius 3 is 3.00 bits per heavy atom. The van der Waals surface area contributed by atoms with E-state index in [4.69, 9.17) is 28.6 Å². The van der Waals surface area contributed by atoms with Gasteiger partial charge in [-0.2, -0.15) is 0 Å². The molecule has 1 aromatic heterocycles. The second-order valence-corrected chi connectivity index (χ2v) is 4.40. The number of fused-ring (bicyclic) bond motifs is 1. The molecule has 1 heterocycles. The number of esters is 1. The first-order chi connectivity index (χ1) is 8.52. The average molecular weight is 289 g/mol. The van der Waals surface area contributed by atoms with Gasteiger partial charge in [-0.05, 0) is 25.2 Å². The van der Waals surface area contributed by atoms with E-state index in [2.05, 4.69) is 4.98 Å². The van der Waals surface area contributed by atoms with E-state index in [1.807, 2.05) is 0 Å². The lowest BCUT2D eigenvalue weighted by atomic mass is 10.3. The first kappa shape index (κ1) is 13.0. The smallest absolute Gasteiger partial charge is 0.326 e. The molecule has 1 aromatic carbocycles. The van der Waals surface area contributed by atoms with Crippen LogP contribution in [0.25, 0.3) is 11.0 Å². The minimum Gasteiger partial charge on any atom is -0.465 e. The minimum atomic E-state index is -0.559. The fourth-order valence-electron chi connectivity index (χ4n) is 1.64. The van der Waals surface area contributed by atoms with Crippen LogP contribution in [0, 0.1) is 10.6 Å².